The summed E-state index contributed by atoms with van der Waals surface area (Å²) in [6, 6.07) is 5.76. The second-order valence-electron chi connectivity index (χ2n) is 6.85. The predicted molar refractivity (Wildman–Crippen MR) is 92.6 cm³/mol. The quantitative estimate of drug-likeness (QED) is 0.710. The summed E-state index contributed by atoms with van der Waals surface area (Å²) in [5, 5.41) is 9.34. The molecule has 0 bridgehead atoms. The minimum atomic E-state index is -0.680. The number of halogens is 1. The van der Waals surface area contributed by atoms with Gasteiger partial charge in [0, 0.05) is 18.3 Å². The molecule has 0 aliphatic heterocycles. The summed E-state index contributed by atoms with van der Waals surface area (Å²) in [4.78, 5) is 4.49. The van der Waals surface area contributed by atoms with E-state index in [1.807, 2.05) is 55.8 Å². The largest absolute Gasteiger partial charge is 0.478 e. The fourth-order valence-corrected chi connectivity index (χ4v) is 3.18. The van der Waals surface area contributed by atoms with Crippen LogP contribution in [0.3, 0.4) is 0 Å². The number of fused-ring (bicyclic) bond motifs is 1. The van der Waals surface area contributed by atoms with Gasteiger partial charge in [-0.1, -0.05) is 17.7 Å². The highest BCUT2D eigenvalue weighted by atomic mass is 35.5. The van der Waals surface area contributed by atoms with Crippen LogP contribution in [0.5, 0.6) is 5.75 Å². The smallest absolute Gasteiger partial charge is 0.182 e. The minimum Gasteiger partial charge on any atom is -0.478 e. The van der Waals surface area contributed by atoms with Crippen molar-refractivity contribution in [1.29, 1.82) is 0 Å². The number of benzene rings is 1. The third-order valence-electron chi connectivity index (χ3n) is 4.31. The van der Waals surface area contributed by atoms with Gasteiger partial charge in [0.2, 0.25) is 0 Å². The molecule has 6 heteroatoms. The summed E-state index contributed by atoms with van der Waals surface area (Å²) < 4.78 is 8.16. The predicted octanol–water partition coefficient (Wildman–Crippen LogP) is 4.28. The Morgan fingerprint density at radius 2 is 2.04 bits per heavy atom. The Labute approximate surface area is 145 Å². The van der Waals surface area contributed by atoms with Crippen LogP contribution in [0.4, 0.5) is 0 Å². The zero-order valence-corrected chi connectivity index (χ0v) is 14.7. The van der Waals surface area contributed by atoms with Gasteiger partial charge in [-0.2, -0.15) is 0 Å². The average Bonchev–Trinajstić information content (AvgIpc) is 3.27. The Kier molecular flexibility index (Phi) is 3.49. The van der Waals surface area contributed by atoms with E-state index in [0.717, 1.165) is 22.7 Å². The first-order valence-electron chi connectivity index (χ1n) is 8.11. The van der Waals surface area contributed by atoms with Crippen LogP contribution in [0.1, 0.15) is 49.7 Å². The number of hydrogen-bond donors (Lipinski definition) is 0. The third kappa shape index (κ3) is 2.63. The highest BCUT2D eigenvalue weighted by molar-refractivity contribution is 6.32. The van der Waals surface area contributed by atoms with E-state index in [4.69, 9.17) is 16.3 Å². The van der Waals surface area contributed by atoms with Gasteiger partial charge in [0.25, 0.3) is 0 Å². The van der Waals surface area contributed by atoms with Crippen LogP contribution in [0.25, 0.3) is 5.65 Å². The van der Waals surface area contributed by atoms with Gasteiger partial charge in [0.1, 0.15) is 5.75 Å². The van der Waals surface area contributed by atoms with Gasteiger partial charge < -0.3 is 4.74 Å². The van der Waals surface area contributed by atoms with Crippen molar-refractivity contribution < 1.29 is 4.74 Å². The van der Waals surface area contributed by atoms with Crippen LogP contribution in [-0.2, 0) is 5.60 Å². The Hall–Kier alpha value is -2.14. The maximum atomic E-state index is 6.31. The normalized spacial score (nSPS) is 15.0. The lowest BCUT2D eigenvalue weighted by Gasteiger charge is -2.25. The fraction of sp³-hybridized carbons (Fsp3) is 0.389. The Balaban J connectivity index is 1.74. The molecule has 5 nitrogen and oxygen atoms in total. The van der Waals surface area contributed by atoms with Crippen molar-refractivity contribution in [3.05, 3.63) is 52.7 Å². The molecule has 2 heterocycles. The van der Waals surface area contributed by atoms with E-state index in [1.54, 1.807) is 0 Å². The topological polar surface area (TPSA) is 52.3 Å². The minimum absolute atomic E-state index is 0.515. The molecule has 124 valence electrons. The van der Waals surface area contributed by atoms with Crippen molar-refractivity contribution in [3.8, 4) is 5.75 Å². The van der Waals surface area contributed by atoms with Crippen molar-refractivity contribution in [2.45, 2.75) is 45.1 Å². The number of nitrogens with zero attached hydrogens (tertiary/aromatic N) is 4. The summed E-state index contributed by atoms with van der Waals surface area (Å²) in [5.74, 6) is 1.89. The van der Waals surface area contributed by atoms with Crippen LogP contribution in [-0.4, -0.2) is 19.6 Å². The molecule has 0 amide bonds. The maximum Gasteiger partial charge on any atom is 0.182 e. The van der Waals surface area contributed by atoms with Gasteiger partial charge in [0.05, 0.1) is 10.7 Å². The van der Waals surface area contributed by atoms with E-state index in [9.17, 15) is 0 Å². The first kappa shape index (κ1) is 15.4. The van der Waals surface area contributed by atoms with Gasteiger partial charge >= 0.3 is 0 Å². The molecule has 1 aliphatic carbocycles. The molecule has 2 aromatic heterocycles. The van der Waals surface area contributed by atoms with Gasteiger partial charge in [0.15, 0.2) is 17.1 Å². The second-order valence-corrected chi connectivity index (χ2v) is 7.26. The lowest BCUT2D eigenvalue weighted by Crippen LogP contribution is -2.28. The highest BCUT2D eigenvalue weighted by Gasteiger charge is 2.33. The molecule has 0 atom stereocenters. The maximum absolute atomic E-state index is 6.31. The second kappa shape index (κ2) is 5.45. The summed E-state index contributed by atoms with van der Waals surface area (Å²) in [5.41, 5.74) is 2.26. The van der Waals surface area contributed by atoms with Gasteiger partial charge in [-0.05, 0) is 51.3 Å². The molecule has 24 heavy (non-hydrogen) atoms. The Bertz CT molecular complexity index is 915. The summed E-state index contributed by atoms with van der Waals surface area (Å²) in [6.45, 7) is 5.94. The Morgan fingerprint density at radius 3 is 2.75 bits per heavy atom. The average molecular weight is 343 g/mol. The molecule has 0 saturated heterocycles. The van der Waals surface area contributed by atoms with Crippen molar-refractivity contribution >= 4 is 17.2 Å². The molecule has 1 fully saturated rings. The van der Waals surface area contributed by atoms with Crippen molar-refractivity contribution in [2.75, 3.05) is 0 Å². The molecular formula is C18H19ClN4O. The summed E-state index contributed by atoms with van der Waals surface area (Å²) in [7, 11) is 0. The van der Waals surface area contributed by atoms with E-state index in [0.29, 0.717) is 16.7 Å². The lowest BCUT2D eigenvalue weighted by atomic mass is 10.1. The highest BCUT2D eigenvalue weighted by Crippen LogP contribution is 2.41. The van der Waals surface area contributed by atoms with E-state index in [1.165, 1.54) is 12.8 Å². The van der Waals surface area contributed by atoms with Gasteiger partial charge in [-0.3, -0.25) is 9.38 Å². The molecule has 1 aromatic carbocycles. The number of aryl methyl sites for hydroxylation is 1. The van der Waals surface area contributed by atoms with Gasteiger partial charge in [-0.15, -0.1) is 10.2 Å². The lowest BCUT2D eigenvalue weighted by molar-refractivity contribution is 0.0974. The summed E-state index contributed by atoms with van der Waals surface area (Å²) >= 11 is 6.31. The SMILES string of the molecule is Cc1ccc(OC(C)(C)c2nnc3c(C4CC4)nccn23)c(Cl)c1. The number of hydrogen-bond acceptors (Lipinski definition) is 4. The van der Waals surface area contributed by atoms with E-state index in [2.05, 4.69) is 15.2 Å². The first-order valence-corrected chi connectivity index (χ1v) is 8.49. The molecule has 1 saturated carbocycles. The van der Waals surface area contributed by atoms with E-state index < -0.39 is 5.60 Å². The van der Waals surface area contributed by atoms with Gasteiger partial charge in [-0.25, -0.2) is 0 Å². The fourth-order valence-electron chi connectivity index (χ4n) is 2.91. The molecule has 0 spiro atoms. The molecule has 3 aromatic rings. The number of ether oxygens (including phenoxy) is 1. The molecule has 4 rings (SSSR count). The number of rotatable bonds is 4. The zero-order chi connectivity index (χ0) is 16.9. The van der Waals surface area contributed by atoms with Crippen molar-refractivity contribution in [3.63, 3.8) is 0 Å². The molecule has 0 N–H and O–H groups in total. The van der Waals surface area contributed by atoms with E-state index in [-0.39, 0.29) is 0 Å². The molecule has 0 radical (unpaired) electrons. The van der Waals surface area contributed by atoms with Crippen LogP contribution in [0, 0.1) is 6.92 Å². The zero-order valence-electron chi connectivity index (χ0n) is 14.0. The van der Waals surface area contributed by atoms with Crippen molar-refractivity contribution in [1.82, 2.24) is 19.6 Å². The standard InChI is InChI=1S/C18H19ClN4O/c1-11-4-7-14(13(19)10-11)24-18(2,3)17-22-21-16-15(12-5-6-12)20-8-9-23(16)17/h4,7-10,12H,5-6H2,1-3H3. The van der Waals surface area contributed by atoms with Crippen LogP contribution >= 0.6 is 11.6 Å². The third-order valence-corrected chi connectivity index (χ3v) is 4.60. The number of aromatic nitrogens is 4. The van der Waals surface area contributed by atoms with Crippen molar-refractivity contribution in [2.24, 2.45) is 0 Å². The van der Waals surface area contributed by atoms with Crippen LogP contribution < -0.4 is 4.74 Å². The van der Waals surface area contributed by atoms with Crippen LogP contribution in [0.15, 0.2) is 30.6 Å². The van der Waals surface area contributed by atoms with E-state index >= 15 is 0 Å². The molecule has 0 unspecified atom stereocenters. The monoisotopic (exact) mass is 342 g/mol. The molecular weight excluding hydrogens is 324 g/mol. The summed E-state index contributed by atoms with van der Waals surface area (Å²) in [6.07, 6.45) is 6.04. The molecule has 1 aliphatic rings. The Morgan fingerprint density at radius 1 is 1.25 bits per heavy atom. The van der Waals surface area contributed by atoms with Crippen LogP contribution in [0.2, 0.25) is 5.02 Å². The first-order chi connectivity index (χ1) is 11.5.